The molecule has 0 atom stereocenters. The van der Waals surface area contributed by atoms with Crippen LogP contribution in [0.1, 0.15) is 26.2 Å². The fourth-order valence-corrected chi connectivity index (χ4v) is 2.38. The Morgan fingerprint density at radius 3 is 2.67 bits per heavy atom. The van der Waals surface area contributed by atoms with Gasteiger partial charge in [0.25, 0.3) is 0 Å². The van der Waals surface area contributed by atoms with Crippen molar-refractivity contribution in [1.29, 1.82) is 0 Å². The molecular weight excluding hydrogens is 260 g/mol. The summed E-state index contributed by atoms with van der Waals surface area (Å²) < 4.78 is 0. The van der Waals surface area contributed by atoms with E-state index in [4.69, 9.17) is 0 Å². The molecule has 112 valence electrons. The molecule has 2 rings (SSSR count). The zero-order valence-electron chi connectivity index (χ0n) is 12.9. The summed E-state index contributed by atoms with van der Waals surface area (Å²) in [6, 6.07) is 14.1. The Morgan fingerprint density at radius 2 is 1.86 bits per heavy atom. The maximum Gasteiger partial charge on any atom is 0.225 e. The molecule has 0 spiro atoms. The van der Waals surface area contributed by atoms with Gasteiger partial charge in [0, 0.05) is 24.0 Å². The van der Waals surface area contributed by atoms with Crippen molar-refractivity contribution in [3.05, 3.63) is 42.5 Å². The number of carbonyl (C=O) groups excluding carboxylic acids is 1. The number of anilines is 1. The van der Waals surface area contributed by atoms with Gasteiger partial charge >= 0.3 is 0 Å². The third-order valence-corrected chi connectivity index (χ3v) is 3.68. The summed E-state index contributed by atoms with van der Waals surface area (Å²) in [4.78, 5) is 14.3. The van der Waals surface area contributed by atoms with E-state index in [1.165, 1.54) is 12.8 Å². The molecule has 3 nitrogen and oxygen atoms in total. The van der Waals surface area contributed by atoms with Gasteiger partial charge in [-0.1, -0.05) is 49.7 Å². The van der Waals surface area contributed by atoms with Gasteiger partial charge in [-0.05, 0) is 31.5 Å². The predicted octanol–water partition coefficient (Wildman–Crippen LogP) is 3.90. The van der Waals surface area contributed by atoms with E-state index in [9.17, 15) is 4.79 Å². The maximum atomic E-state index is 12.1. The highest BCUT2D eigenvalue weighted by atomic mass is 16.1. The van der Waals surface area contributed by atoms with Gasteiger partial charge in [0.1, 0.15) is 0 Å². The summed E-state index contributed by atoms with van der Waals surface area (Å²) in [6.07, 6.45) is 2.90. The van der Waals surface area contributed by atoms with E-state index >= 15 is 0 Å². The van der Waals surface area contributed by atoms with Crippen molar-refractivity contribution < 1.29 is 4.79 Å². The Labute approximate surface area is 127 Å². The topological polar surface area (TPSA) is 32.3 Å². The molecule has 0 heterocycles. The number of nitrogens with zero attached hydrogens (tertiary/aromatic N) is 1. The van der Waals surface area contributed by atoms with E-state index in [2.05, 4.69) is 36.3 Å². The van der Waals surface area contributed by atoms with Crippen LogP contribution in [-0.2, 0) is 4.79 Å². The van der Waals surface area contributed by atoms with Gasteiger partial charge in [-0.3, -0.25) is 4.79 Å². The van der Waals surface area contributed by atoms with Crippen LogP contribution in [0.4, 0.5) is 5.69 Å². The van der Waals surface area contributed by atoms with E-state index < -0.39 is 0 Å². The first-order chi connectivity index (χ1) is 10.2. The molecule has 21 heavy (non-hydrogen) atoms. The zero-order chi connectivity index (χ0) is 15.1. The van der Waals surface area contributed by atoms with Gasteiger partial charge in [0.2, 0.25) is 5.91 Å². The molecule has 1 amide bonds. The molecule has 0 aromatic heterocycles. The second kappa shape index (κ2) is 7.79. The number of amides is 1. The molecule has 0 saturated carbocycles. The summed E-state index contributed by atoms with van der Waals surface area (Å²) in [7, 11) is 2.07. The van der Waals surface area contributed by atoms with E-state index in [1.54, 1.807) is 0 Å². The molecule has 0 aliphatic rings. The van der Waals surface area contributed by atoms with Crippen molar-refractivity contribution in [2.24, 2.45) is 0 Å². The molecule has 0 aliphatic carbocycles. The summed E-state index contributed by atoms with van der Waals surface area (Å²) in [6.45, 7) is 4.04. The van der Waals surface area contributed by atoms with Crippen LogP contribution in [0.2, 0.25) is 0 Å². The molecular formula is C18H24N2O. The zero-order valence-corrected chi connectivity index (χ0v) is 12.9. The molecule has 3 heteroatoms. The van der Waals surface area contributed by atoms with Crippen molar-refractivity contribution in [2.45, 2.75) is 26.2 Å². The van der Waals surface area contributed by atoms with Crippen LogP contribution < -0.4 is 5.32 Å². The van der Waals surface area contributed by atoms with Crippen LogP contribution in [0.5, 0.6) is 0 Å². The van der Waals surface area contributed by atoms with Gasteiger partial charge in [0.15, 0.2) is 0 Å². The third-order valence-electron chi connectivity index (χ3n) is 3.68. The number of unbranched alkanes of at least 4 members (excludes halogenated alkanes) is 1. The first kappa shape index (κ1) is 15.5. The predicted molar refractivity (Wildman–Crippen MR) is 89.6 cm³/mol. The highest BCUT2D eigenvalue weighted by molar-refractivity contribution is 6.02. The Hall–Kier alpha value is -1.87. The minimum Gasteiger partial charge on any atom is -0.325 e. The van der Waals surface area contributed by atoms with Crippen molar-refractivity contribution in [3.63, 3.8) is 0 Å². The molecule has 0 radical (unpaired) electrons. The van der Waals surface area contributed by atoms with Gasteiger partial charge < -0.3 is 10.2 Å². The lowest BCUT2D eigenvalue weighted by molar-refractivity contribution is -0.116. The minimum absolute atomic E-state index is 0.0784. The number of benzene rings is 2. The average molecular weight is 284 g/mol. The third kappa shape index (κ3) is 4.57. The standard InChI is InChI=1S/C18H24N2O/c1-3-4-13-20(2)14-12-18(21)19-17-11-7-9-15-8-5-6-10-16(15)17/h5-11H,3-4,12-14H2,1-2H3,(H,19,21). The quantitative estimate of drug-likeness (QED) is 0.836. The average Bonchev–Trinajstić information content (AvgIpc) is 2.51. The summed E-state index contributed by atoms with van der Waals surface area (Å²) in [5, 5.41) is 5.27. The van der Waals surface area contributed by atoms with Crippen LogP contribution >= 0.6 is 0 Å². The van der Waals surface area contributed by atoms with Crippen LogP contribution in [-0.4, -0.2) is 30.9 Å². The lowest BCUT2D eigenvalue weighted by atomic mass is 10.1. The molecule has 0 unspecified atom stereocenters. The Morgan fingerprint density at radius 1 is 1.10 bits per heavy atom. The second-order valence-corrected chi connectivity index (χ2v) is 5.48. The van der Waals surface area contributed by atoms with Gasteiger partial charge in [-0.15, -0.1) is 0 Å². The highest BCUT2D eigenvalue weighted by Gasteiger charge is 2.07. The summed E-state index contributed by atoms with van der Waals surface area (Å²) >= 11 is 0. The van der Waals surface area contributed by atoms with Gasteiger partial charge in [-0.2, -0.15) is 0 Å². The fraction of sp³-hybridized carbons (Fsp3) is 0.389. The molecule has 1 N–H and O–H groups in total. The van der Waals surface area contributed by atoms with Crippen molar-refractivity contribution in [2.75, 3.05) is 25.5 Å². The number of hydrogen-bond donors (Lipinski definition) is 1. The van der Waals surface area contributed by atoms with Gasteiger partial charge in [0.05, 0.1) is 0 Å². The fourth-order valence-electron chi connectivity index (χ4n) is 2.38. The SMILES string of the molecule is CCCCN(C)CCC(=O)Nc1cccc2ccccc12. The molecule has 0 bridgehead atoms. The lowest BCUT2D eigenvalue weighted by Gasteiger charge is -2.16. The number of rotatable bonds is 7. The summed E-state index contributed by atoms with van der Waals surface area (Å²) in [5.41, 5.74) is 0.898. The van der Waals surface area contributed by atoms with E-state index in [-0.39, 0.29) is 5.91 Å². The number of fused-ring (bicyclic) bond motifs is 1. The Balaban J connectivity index is 1.93. The smallest absolute Gasteiger partial charge is 0.225 e. The monoisotopic (exact) mass is 284 g/mol. The Bertz CT molecular complexity index is 589. The molecule has 0 fully saturated rings. The molecule has 0 aliphatic heterocycles. The van der Waals surface area contributed by atoms with Crippen LogP contribution in [0.25, 0.3) is 10.8 Å². The van der Waals surface area contributed by atoms with Gasteiger partial charge in [-0.25, -0.2) is 0 Å². The van der Waals surface area contributed by atoms with Crippen LogP contribution in [0.3, 0.4) is 0 Å². The summed E-state index contributed by atoms with van der Waals surface area (Å²) in [5.74, 6) is 0.0784. The molecule has 2 aromatic rings. The largest absolute Gasteiger partial charge is 0.325 e. The number of carbonyl (C=O) groups is 1. The van der Waals surface area contributed by atoms with Crippen molar-refractivity contribution in [1.82, 2.24) is 4.90 Å². The van der Waals surface area contributed by atoms with Crippen LogP contribution in [0, 0.1) is 0 Å². The molecule has 2 aromatic carbocycles. The lowest BCUT2D eigenvalue weighted by Crippen LogP contribution is -2.25. The first-order valence-corrected chi connectivity index (χ1v) is 7.67. The molecule has 0 saturated heterocycles. The second-order valence-electron chi connectivity index (χ2n) is 5.48. The normalized spacial score (nSPS) is 11.0. The number of nitrogens with one attached hydrogen (secondary N) is 1. The van der Waals surface area contributed by atoms with E-state index in [1.807, 2.05) is 30.3 Å². The van der Waals surface area contributed by atoms with E-state index in [0.717, 1.165) is 29.5 Å². The van der Waals surface area contributed by atoms with E-state index in [0.29, 0.717) is 6.42 Å². The maximum absolute atomic E-state index is 12.1. The Kier molecular flexibility index (Phi) is 5.76. The van der Waals surface area contributed by atoms with Crippen LogP contribution in [0.15, 0.2) is 42.5 Å². The minimum atomic E-state index is 0.0784. The van der Waals surface area contributed by atoms with Crippen molar-refractivity contribution in [3.8, 4) is 0 Å². The first-order valence-electron chi connectivity index (χ1n) is 7.67. The number of hydrogen-bond acceptors (Lipinski definition) is 2. The van der Waals surface area contributed by atoms with Crippen molar-refractivity contribution >= 4 is 22.4 Å². The highest BCUT2D eigenvalue weighted by Crippen LogP contribution is 2.22.